The molecule has 152 valence electrons. The van der Waals surface area contributed by atoms with Crippen molar-refractivity contribution in [2.24, 2.45) is 7.05 Å². The Bertz CT molecular complexity index is 812. The monoisotopic (exact) mass is 400 g/mol. The highest BCUT2D eigenvalue weighted by atomic mass is 32.2. The standard InChI is InChI=1S/C22H32N4OS/c1-15-8-7-9-16(2)26(15)19(27)14-28-21-24-23-20(25(21)6)17-10-12-18(13-11-17)22(3,4)5/h10-13,15-16H,7-9,14H2,1-6H3/t15-,16-/m1/s1. The number of hydrogen-bond donors (Lipinski definition) is 0. The molecule has 1 aromatic heterocycles. The number of nitrogens with zero attached hydrogens (tertiary/aromatic N) is 4. The Morgan fingerprint density at radius 2 is 1.71 bits per heavy atom. The molecule has 3 rings (SSSR count). The summed E-state index contributed by atoms with van der Waals surface area (Å²) < 4.78 is 1.98. The van der Waals surface area contributed by atoms with Crippen LogP contribution in [0.4, 0.5) is 0 Å². The molecule has 2 heterocycles. The first kappa shape index (κ1) is 20.9. The molecule has 0 radical (unpaired) electrons. The van der Waals surface area contributed by atoms with E-state index in [1.165, 1.54) is 23.7 Å². The average Bonchev–Trinajstić information content (AvgIpc) is 3.00. The zero-order chi connectivity index (χ0) is 20.5. The molecule has 1 aromatic carbocycles. The lowest BCUT2D eigenvalue weighted by Crippen LogP contribution is -2.48. The summed E-state index contributed by atoms with van der Waals surface area (Å²) in [5, 5.41) is 9.47. The van der Waals surface area contributed by atoms with Gasteiger partial charge in [0.2, 0.25) is 5.91 Å². The number of aromatic nitrogens is 3. The van der Waals surface area contributed by atoms with Crippen LogP contribution in [0.2, 0.25) is 0 Å². The predicted octanol–water partition coefficient (Wildman–Crippen LogP) is 4.66. The van der Waals surface area contributed by atoms with Crippen LogP contribution in [0.1, 0.15) is 59.4 Å². The van der Waals surface area contributed by atoms with E-state index in [4.69, 9.17) is 0 Å². The van der Waals surface area contributed by atoms with Crippen molar-refractivity contribution >= 4 is 17.7 Å². The van der Waals surface area contributed by atoms with Crippen molar-refractivity contribution in [3.05, 3.63) is 29.8 Å². The molecule has 0 aliphatic carbocycles. The smallest absolute Gasteiger partial charge is 0.233 e. The second-order valence-corrected chi connectivity index (χ2v) is 9.85. The molecule has 6 heteroatoms. The van der Waals surface area contributed by atoms with Crippen LogP contribution >= 0.6 is 11.8 Å². The third-order valence-corrected chi connectivity index (χ3v) is 6.66. The Hall–Kier alpha value is -1.82. The molecule has 0 spiro atoms. The van der Waals surface area contributed by atoms with Crippen LogP contribution in [0.25, 0.3) is 11.4 Å². The largest absolute Gasteiger partial charge is 0.337 e. The Labute approximate surface area is 172 Å². The third-order valence-electron chi connectivity index (χ3n) is 5.65. The summed E-state index contributed by atoms with van der Waals surface area (Å²) in [7, 11) is 1.96. The van der Waals surface area contributed by atoms with Crippen LogP contribution in [-0.2, 0) is 17.3 Å². The Morgan fingerprint density at radius 1 is 1.11 bits per heavy atom. The van der Waals surface area contributed by atoms with Gasteiger partial charge in [0.05, 0.1) is 5.75 Å². The van der Waals surface area contributed by atoms with Crippen LogP contribution in [0.5, 0.6) is 0 Å². The number of carbonyl (C=O) groups excluding carboxylic acids is 1. The lowest BCUT2D eigenvalue weighted by Gasteiger charge is -2.39. The van der Waals surface area contributed by atoms with Gasteiger partial charge in [0.1, 0.15) is 0 Å². The van der Waals surface area contributed by atoms with Crippen molar-refractivity contribution < 1.29 is 4.79 Å². The maximum absolute atomic E-state index is 12.8. The van der Waals surface area contributed by atoms with Gasteiger partial charge in [-0.25, -0.2) is 0 Å². The zero-order valence-electron chi connectivity index (χ0n) is 17.9. The van der Waals surface area contributed by atoms with Gasteiger partial charge in [-0.15, -0.1) is 10.2 Å². The first-order valence-electron chi connectivity index (χ1n) is 10.1. The fourth-order valence-electron chi connectivity index (χ4n) is 3.92. The van der Waals surface area contributed by atoms with Crippen molar-refractivity contribution in [3.8, 4) is 11.4 Å². The van der Waals surface area contributed by atoms with Crippen molar-refractivity contribution in [1.82, 2.24) is 19.7 Å². The van der Waals surface area contributed by atoms with E-state index in [1.807, 2.05) is 11.6 Å². The van der Waals surface area contributed by atoms with Crippen LogP contribution < -0.4 is 0 Å². The van der Waals surface area contributed by atoms with Gasteiger partial charge in [0.25, 0.3) is 0 Å². The lowest BCUT2D eigenvalue weighted by atomic mass is 9.87. The molecule has 0 unspecified atom stereocenters. The summed E-state index contributed by atoms with van der Waals surface area (Å²) in [5.74, 6) is 1.43. The number of thioether (sulfide) groups is 1. The second kappa shape index (κ2) is 8.27. The summed E-state index contributed by atoms with van der Waals surface area (Å²) in [4.78, 5) is 14.8. The van der Waals surface area contributed by atoms with E-state index < -0.39 is 0 Å². The van der Waals surface area contributed by atoms with Gasteiger partial charge >= 0.3 is 0 Å². The molecule has 28 heavy (non-hydrogen) atoms. The van der Waals surface area contributed by atoms with E-state index in [0.717, 1.165) is 29.4 Å². The SMILES string of the molecule is C[C@@H]1CCC[C@@H](C)N1C(=O)CSc1nnc(-c2ccc(C(C)(C)C)cc2)n1C. The Balaban J connectivity index is 1.69. The van der Waals surface area contributed by atoms with E-state index in [-0.39, 0.29) is 11.3 Å². The van der Waals surface area contributed by atoms with Gasteiger partial charge in [0.15, 0.2) is 11.0 Å². The molecular weight excluding hydrogens is 368 g/mol. The molecule has 5 nitrogen and oxygen atoms in total. The van der Waals surface area contributed by atoms with Gasteiger partial charge in [-0.2, -0.15) is 0 Å². The van der Waals surface area contributed by atoms with Crippen LogP contribution in [0, 0.1) is 0 Å². The minimum atomic E-state index is 0.127. The number of amides is 1. The maximum atomic E-state index is 12.8. The number of likely N-dealkylation sites (tertiary alicyclic amines) is 1. The number of rotatable bonds is 4. The lowest BCUT2D eigenvalue weighted by molar-refractivity contribution is -0.134. The van der Waals surface area contributed by atoms with Crippen molar-refractivity contribution in [1.29, 1.82) is 0 Å². The highest BCUT2D eigenvalue weighted by molar-refractivity contribution is 7.99. The zero-order valence-corrected chi connectivity index (χ0v) is 18.7. The molecule has 1 fully saturated rings. The van der Waals surface area contributed by atoms with Crippen molar-refractivity contribution in [3.63, 3.8) is 0 Å². The van der Waals surface area contributed by atoms with Crippen LogP contribution in [0.15, 0.2) is 29.4 Å². The quantitative estimate of drug-likeness (QED) is 0.700. The molecule has 1 amide bonds. The number of benzene rings is 1. The van der Waals surface area contributed by atoms with E-state index in [1.54, 1.807) is 0 Å². The van der Waals surface area contributed by atoms with E-state index in [9.17, 15) is 4.79 Å². The predicted molar refractivity (Wildman–Crippen MR) is 115 cm³/mol. The van der Waals surface area contributed by atoms with Gasteiger partial charge < -0.3 is 9.47 Å². The second-order valence-electron chi connectivity index (χ2n) is 8.91. The average molecular weight is 401 g/mol. The molecular formula is C22H32N4OS. The minimum absolute atomic E-state index is 0.127. The van der Waals surface area contributed by atoms with E-state index >= 15 is 0 Å². The fourth-order valence-corrected chi connectivity index (χ4v) is 4.71. The summed E-state index contributed by atoms with van der Waals surface area (Å²) in [6, 6.07) is 9.16. The van der Waals surface area contributed by atoms with Gasteiger partial charge in [0, 0.05) is 24.7 Å². The number of piperidine rings is 1. The summed E-state index contributed by atoms with van der Waals surface area (Å²) >= 11 is 1.47. The third kappa shape index (κ3) is 4.43. The normalized spacial score (nSPS) is 20.4. The molecule has 2 aromatic rings. The first-order valence-corrected chi connectivity index (χ1v) is 11.1. The van der Waals surface area contributed by atoms with Crippen molar-refractivity contribution in [2.45, 2.75) is 76.5 Å². The molecule has 1 aliphatic heterocycles. The Morgan fingerprint density at radius 3 is 2.29 bits per heavy atom. The summed E-state index contributed by atoms with van der Waals surface area (Å²) in [6.07, 6.45) is 3.40. The molecule has 0 bridgehead atoms. The highest BCUT2D eigenvalue weighted by Gasteiger charge is 2.29. The number of hydrogen-bond acceptors (Lipinski definition) is 4. The van der Waals surface area contributed by atoms with E-state index in [2.05, 4.69) is 74.0 Å². The van der Waals surface area contributed by atoms with Gasteiger partial charge in [-0.3, -0.25) is 4.79 Å². The van der Waals surface area contributed by atoms with E-state index in [0.29, 0.717) is 17.8 Å². The summed E-state index contributed by atoms with van der Waals surface area (Å²) in [6.45, 7) is 10.9. The van der Waals surface area contributed by atoms with Gasteiger partial charge in [-0.1, -0.05) is 56.8 Å². The Kier molecular flexibility index (Phi) is 6.18. The van der Waals surface area contributed by atoms with Crippen LogP contribution in [0.3, 0.4) is 0 Å². The molecule has 0 N–H and O–H groups in total. The maximum Gasteiger partial charge on any atom is 0.233 e. The van der Waals surface area contributed by atoms with Gasteiger partial charge in [-0.05, 0) is 44.1 Å². The first-order chi connectivity index (χ1) is 13.2. The minimum Gasteiger partial charge on any atom is -0.337 e. The molecule has 1 aliphatic rings. The number of carbonyl (C=O) groups is 1. The fraction of sp³-hybridized carbons (Fsp3) is 0.591. The molecule has 0 saturated carbocycles. The molecule has 2 atom stereocenters. The highest BCUT2D eigenvalue weighted by Crippen LogP contribution is 2.28. The topological polar surface area (TPSA) is 51.0 Å². The van der Waals surface area contributed by atoms with Crippen LogP contribution in [-0.4, -0.2) is 43.4 Å². The summed E-state index contributed by atoms with van der Waals surface area (Å²) in [5.41, 5.74) is 2.46. The molecule has 1 saturated heterocycles. The van der Waals surface area contributed by atoms with Crippen molar-refractivity contribution in [2.75, 3.05) is 5.75 Å².